The van der Waals surface area contributed by atoms with Crippen molar-refractivity contribution in [2.24, 2.45) is 16.6 Å². The molecule has 1 spiro atoms. The number of nitrogens with zero attached hydrogens (tertiary/aromatic N) is 3. The number of piperidine rings is 3. The minimum absolute atomic E-state index is 0.113. The van der Waals surface area contributed by atoms with E-state index in [0.29, 0.717) is 5.96 Å². The zero-order chi connectivity index (χ0) is 12.9. The second kappa shape index (κ2) is 3.97. The Kier molecular flexibility index (Phi) is 2.36. The van der Waals surface area contributed by atoms with Crippen LogP contribution >= 0.6 is 0 Å². The van der Waals surface area contributed by atoms with E-state index in [1.54, 1.807) is 0 Å². The number of hydrogen-bond donors (Lipinski definition) is 1. The Morgan fingerprint density at radius 1 is 1.16 bits per heavy atom. The predicted molar refractivity (Wildman–Crippen MR) is 77.3 cm³/mol. The minimum atomic E-state index is 0.113. The Morgan fingerprint density at radius 3 is 2.53 bits per heavy atom. The van der Waals surface area contributed by atoms with E-state index in [4.69, 9.17) is 5.73 Å². The first kappa shape index (κ1) is 11.3. The van der Waals surface area contributed by atoms with E-state index < -0.39 is 0 Å². The van der Waals surface area contributed by atoms with E-state index in [1.807, 2.05) is 0 Å². The Balaban J connectivity index is 1.77. The SMILES string of the molecule is NC1=NCC2(CN3CCC2CC3)N1c1ccccc1. The van der Waals surface area contributed by atoms with Crippen LogP contribution in [-0.4, -0.2) is 42.6 Å². The van der Waals surface area contributed by atoms with Crippen LogP contribution in [0.1, 0.15) is 12.8 Å². The molecule has 4 aliphatic heterocycles. The first-order chi connectivity index (χ1) is 9.29. The molecular weight excluding hydrogens is 236 g/mol. The number of fused-ring (bicyclic) bond motifs is 2. The molecule has 19 heavy (non-hydrogen) atoms. The first-order valence-electron chi connectivity index (χ1n) is 7.17. The molecule has 5 rings (SSSR count). The summed E-state index contributed by atoms with van der Waals surface area (Å²) in [6.45, 7) is 4.45. The van der Waals surface area contributed by atoms with Gasteiger partial charge in [0.25, 0.3) is 0 Å². The summed E-state index contributed by atoms with van der Waals surface area (Å²) in [6, 6.07) is 10.5. The largest absolute Gasteiger partial charge is 0.369 e. The second-order valence-electron chi connectivity index (χ2n) is 6.00. The van der Waals surface area contributed by atoms with Gasteiger partial charge in [-0.15, -0.1) is 0 Å². The highest BCUT2D eigenvalue weighted by Crippen LogP contribution is 2.43. The van der Waals surface area contributed by atoms with Crippen molar-refractivity contribution in [1.82, 2.24) is 4.90 Å². The molecule has 1 atom stereocenters. The zero-order valence-electron chi connectivity index (χ0n) is 11.1. The van der Waals surface area contributed by atoms with E-state index in [9.17, 15) is 0 Å². The van der Waals surface area contributed by atoms with Crippen LogP contribution in [0.2, 0.25) is 0 Å². The third-order valence-electron chi connectivity index (χ3n) is 5.05. The number of nitrogens with two attached hydrogens (primary N) is 1. The van der Waals surface area contributed by atoms with Crippen LogP contribution < -0.4 is 10.6 Å². The van der Waals surface area contributed by atoms with Crippen molar-refractivity contribution in [3.63, 3.8) is 0 Å². The summed E-state index contributed by atoms with van der Waals surface area (Å²) in [5.41, 5.74) is 7.51. The number of anilines is 1. The molecule has 0 aromatic heterocycles. The van der Waals surface area contributed by atoms with Gasteiger partial charge >= 0.3 is 0 Å². The van der Waals surface area contributed by atoms with Crippen LogP contribution in [0.15, 0.2) is 35.3 Å². The first-order valence-corrected chi connectivity index (χ1v) is 7.17. The fourth-order valence-corrected chi connectivity index (χ4v) is 4.13. The molecule has 0 saturated carbocycles. The smallest absolute Gasteiger partial charge is 0.196 e. The van der Waals surface area contributed by atoms with E-state index in [1.165, 1.54) is 31.6 Å². The highest BCUT2D eigenvalue weighted by molar-refractivity contribution is 5.98. The van der Waals surface area contributed by atoms with Gasteiger partial charge in [-0.2, -0.15) is 0 Å². The molecule has 4 nitrogen and oxygen atoms in total. The van der Waals surface area contributed by atoms with E-state index in [2.05, 4.69) is 45.1 Å². The predicted octanol–water partition coefficient (Wildman–Crippen LogP) is 1.29. The number of para-hydroxylation sites is 1. The molecule has 4 aliphatic rings. The molecule has 1 unspecified atom stereocenters. The quantitative estimate of drug-likeness (QED) is 0.823. The van der Waals surface area contributed by atoms with Crippen LogP contribution in [0.5, 0.6) is 0 Å². The zero-order valence-corrected chi connectivity index (χ0v) is 11.1. The monoisotopic (exact) mass is 256 g/mol. The van der Waals surface area contributed by atoms with Crippen molar-refractivity contribution in [2.45, 2.75) is 18.4 Å². The van der Waals surface area contributed by atoms with Crippen molar-refractivity contribution in [3.05, 3.63) is 30.3 Å². The van der Waals surface area contributed by atoms with Gasteiger partial charge in [0.05, 0.1) is 12.1 Å². The van der Waals surface area contributed by atoms with Gasteiger partial charge in [0.15, 0.2) is 5.96 Å². The molecule has 3 fully saturated rings. The fraction of sp³-hybridized carbons (Fsp3) is 0.533. The van der Waals surface area contributed by atoms with Crippen LogP contribution in [0.25, 0.3) is 0 Å². The topological polar surface area (TPSA) is 44.9 Å². The summed E-state index contributed by atoms with van der Waals surface area (Å²) in [5, 5.41) is 0. The van der Waals surface area contributed by atoms with Gasteiger partial charge in [0, 0.05) is 12.2 Å². The maximum atomic E-state index is 6.21. The number of guanidine groups is 1. The van der Waals surface area contributed by atoms with Crippen LogP contribution in [-0.2, 0) is 0 Å². The molecule has 1 aromatic carbocycles. The Morgan fingerprint density at radius 2 is 1.89 bits per heavy atom. The third kappa shape index (κ3) is 1.53. The normalized spacial score (nSPS) is 36.8. The van der Waals surface area contributed by atoms with Crippen molar-refractivity contribution in [2.75, 3.05) is 31.1 Å². The summed E-state index contributed by atoms with van der Waals surface area (Å²) in [4.78, 5) is 9.47. The molecule has 4 heterocycles. The highest BCUT2D eigenvalue weighted by atomic mass is 15.4. The lowest BCUT2D eigenvalue weighted by Gasteiger charge is -2.55. The maximum Gasteiger partial charge on any atom is 0.196 e. The van der Waals surface area contributed by atoms with Gasteiger partial charge in [-0.1, -0.05) is 18.2 Å². The highest BCUT2D eigenvalue weighted by Gasteiger charge is 2.53. The average Bonchev–Trinajstić information content (AvgIpc) is 2.78. The fourth-order valence-electron chi connectivity index (χ4n) is 4.13. The summed E-state index contributed by atoms with van der Waals surface area (Å²) in [5.74, 6) is 1.42. The summed E-state index contributed by atoms with van der Waals surface area (Å²) in [6.07, 6.45) is 2.57. The van der Waals surface area contributed by atoms with Gasteiger partial charge in [-0.05, 0) is 44.0 Å². The van der Waals surface area contributed by atoms with Crippen molar-refractivity contribution in [3.8, 4) is 0 Å². The maximum absolute atomic E-state index is 6.21. The summed E-state index contributed by atoms with van der Waals surface area (Å²) in [7, 11) is 0. The van der Waals surface area contributed by atoms with Gasteiger partial charge in [0.2, 0.25) is 0 Å². The van der Waals surface area contributed by atoms with Gasteiger partial charge in [0.1, 0.15) is 0 Å². The molecule has 100 valence electrons. The van der Waals surface area contributed by atoms with Crippen molar-refractivity contribution in [1.29, 1.82) is 0 Å². The van der Waals surface area contributed by atoms with Gasteiger partial charge in [-0.25, -0.2) is 0 Å². The third-order valence-corrected chi connectivity index (χ3v) is 5.05. The van der Waals surface area contributed by atoms with Crippen molar-refractivity contribution >= 4 is 11.6 Å². The summed E-state index contributed by atoms with van der Waals surface area (Å²) < 4.78 is 0. The van der Waals surface area contributed by atoms with E-state index in [-0.39, 0.29) is 5.54 Å². The van der Waals surface area contributed by atoms with Gasteiger partial charge in [-0.3, -0.25) is 4.99 Å². The van der Waals surface area contributed by atoms with E-state index in [0.717, 1.165) is 19.0 Å². The number of aliphatic imine (C=N–C) groups is 1. The van der Waals surface area contributed by atoms with Crippen LogP contribution in [0.3, 0.4) is 0 Å². The standard InChI is InChI=1S/C15H20N4/c16-14-17-10-15(11-18-8-6-12(15)7-9-18)19(14)13-4-2-1-3-5-13/h1-5,12H,6-11H2,(H2,16,17). The lowest BCUT2D eigenvalue weighted by Crippen LogP contribution is -2.68. The minimum Gasteiger partial charge on any atom is -0.369 e. The number of rotatable bonds is 1. The molecule has 0 amide bonds. The van der Waals surface area contributed by atoms with Gasteiger partial charge < -0.3 is 15.5 Å². The molecule has 0 radical (unpaired) electrons. The Bertz CT molecular complexity index is 504. The van der Waals surface area contributed by atoms with Crippen molar-refractivity contribution < 1.29 is 0 Å². The average molecular weight is 256 g/mol. The summed E-state index contributed by atoms with van der Waals surface area (Å²) >= 11 is 0. The lowest BCUT2D eigenvalue weighted by molar-refractivity contribution is 0.0391. The van der Waals surface area contributed by atoms with E-state index >= 15 is 0 Å². The number of hydrogen-bond acceptors (Lipinski definition) is 4. The second-order valence-corrected chi connectivity index (χ2v) is 6.00. The van der Waals surface area contributed by atoms with Crippen LogP contribution in [0.4, 0.5) is 5.69 Å². The molecule has 0 aliphatic carbocycles. The number of benzene rings is 1. The molecule has 2 bridgehead atoms. The molecular formula is C15H20N4. The van der Waals surface area contributed by atoms with Crippen LogP contribution in [0, 0.1) is 5.92 Å². The Hall–Kier alpha value is -1.55. The molecule has 2 N–H and O–H groups in total. The molecule has 1 aromatic rings. The molecule has 3 saturated heterocycles. The lowest BCUT2D eigenvalue weighted by atomic mass is 9.72. The molecule has 4 heteroatoms. The Labute approximate surface area is 113 Å².